The maximum Gasteiger partial charge on any atom is 0.117 e. The average molecular weight is 323 g/mol. The second-order valence-electron chi connectivity index (χ2n) is 7.75. The van der Waals surface area contributed by atoms with Gasteiger partial charge in [0, 0.05) is 12.7 Å². The van der Waals surface area contributed by atoms with Gasteiger partial charge in [-0.25, -0.2) is 0 Å². The van der Waals surface area contributed by atoms with E-state index >= 15 is 0 Å². The summed E-state index contributed by atoms with van der Waals surface area (Å²) in [5, 5.41) is 3.19. The van der Waals surface area contributed by atoms with Crippen molar-refractivity contribution in [3.05, 3.63) is 41.0 Å². The highest BCUT2D eigenvalue weighted by Crippen LogP contribution is 2.47. The number of para-hydroxylation sites is 1. The minimum absolute atomic E-state index is 0.371. The van der Waals surface area contributed by atoms with Gasteiger partial charge in [-0.05, 0) is 60.8 Å². The molecule has 0 spiro atoms. The summed E-state index contributed by atoms with van der Waals surface area (Å²) in [6.07, 6.45) is 0.371. The molecule has 120 valence electrons. The third-order valence-electron chi connectivity index (χ3n) is 6.28. The number of aryl methyl sites for hydroxylation is 1. The van der Waals surface area contributed by atoms with E-state index in [0.717, 1.165) is 0 Å². The quantitative estimate of drug-likeness (QED) is 0.683. The minimum atomic E-state index is -1.68. The first-order chi connectivity index (χ1) is 10.8. The van der Waals surface area contributed by atoms with Gasteiger partial charge in [0.2, 0.25) is 0 Å². The zero-order valence-corrected chi connectivity index (χ0v) is 16.3. The lowest BCUT2D eigenvalue weighted by Gasteiger charge is -2.42. The van der Waals surface area contributed by atoms with Gasteiger partial charge in [0.25, 0.3) is 0 Å². The second-order valence-corrected chi connectivity index (χ2v) is 12.1. The fraction of sp³-hybridized carbons (Fsp3) is 0.400. The van der Waals surface area contributed by atoms with Gasteiger partial charge in [0.1, 0.15) is 14.2 Å². The summed E-state index contributed by atoms with van der Waals surface area (Å²) in [5.74, 6) is 0. The number of hydrogen-bond acceptors (Lipinski definition) is 2. The zero-order valence-electron chi connectivity index (χ0n) is 15.3. The van der Waals surface area contributed by atoms with E-state index in [4.69, 9.17) is 0 Å². The standard InChI is InChI=1S/C20H26N2Si/c1-12-11-18-19(14(3)13(12)2)22-15(4)21(5)16-9-8-10-17(20(16)22)23(18,6)7/h8-11,15H,1-7H3/t15-/m1/s1. The van der Waals surface area contributed by atoms with Gasteiger partial charge in [-0.1, -0.05) is 31.3 Å². The van der Waals surface area contributed by atoms with Crippen LogP contribution in [-0.4, -0.2) is 21.3 Å². The summed E-state index contributed by atoms with van der Waals surface area (Å²) in [7, 11) is 0.547. The number of anilines is 3. The number of rotatable bonds is 0. The molecule has 0 fully saturated rings. The predicted octanol–water partition coefficient (Wildman–Crippen LogP) is 3.68. The molecule has 2 aliphatic rings. The van der Waals surface area contributed by atoms with Crippen molar-refractivity contribution >= 4 is 35.5 Å². The van der Waals surface area contributed by atoms with Crippen molar-refractivity contribution in [2.75, 3.05) is 16.8 Å². The number of nitrogens with zero attached hydrogens (tertiary/aromatic N) is 2. The van der Waals surface area contributed by atoms with Crippen LogP contribution in [0.3, 0.4) is 0 Å². The SMILES string of the molecule is Cc1cc2c(c(C)c1C)N1c3c(cccc3[Si]2(C)C)N(C)[C@H]1C. The third kappa shape index (κ3) is 1.64. The molecule has 3 heteroatoms. The molecule has 2 nitrogen and oxygen atoms in total. The van der Waals surface area contributed by atoms with Crippen LogP contribution >= 0.6 is 0 Å². The normalized spacial score (nSPS) is 20.6. The van der Waals surface area contributed by atoms with Crippen molar-refractivity contribution in [1.82, 2.24) is 0 Å². The summed E-state index contributed by atoms with van der Waals surface area (Å²) < 4.78 is 0. The minimum Gasteiger partial charge on any atom is -0.353 e. The maximum atomic E-state index is 2.60. The van der Waals surface area contributed by atoms with E-state index in [1.165, 1.54) is 33.8 Å². The Hall–Kier alpha value is -1.74. The molecule has 0 bridgehead atoms. The van der Waals surface area contributed by atoms with E-state index in [2.05, 4.69) is 81.9 Å². The van der Waals surface area contributed by atoms with Crippen molar-refractivity contribution in [2.45, 2.75) is 47.0 Å². The Morgan fingerprint density at radius 2 is 1.65 bits per heavy atom. The van der Waals surface area contributed by atoms with Crippen LogP contribution in [0.2, 0.25) is 13.1 Å². The van der Waals surface area contributed by atoms with Crippen LogP contribution in [0.5, 0.6) is 0 Å². The highest BCUT2D eigenvalue weighted by molar-refractivity contribution is 7.03. The monoisotopic (exact) mass is 322 g/mol. The number of fused-ring (bicyclic) bond motifs is 2. The highest BCUT2D eigenvalue weighted by atomic mass is 28.3. The van der Waals surface area contributed by atoms with Crippen molar-refractivity contribution in [3.63, 3.8) is 0 Å². The molecule has 0 amide bonds. The molecule has 0 N–H and O–H groups in total. The average Bonchev–Trinajstić information content (AvgIpc) is 2.76. The van der Waals surface area contributed by atoms with Gasteiger partial charge >= 0.3 is 0 Å². The Kier molecular flexibility index (Phi) is 2.84. The van der Waals surface area contributed by atoms with E-state index in [9.17, 15) is 0 Å². The van der Waals surface area contributed by atoms with E-state index in [1.54, 1.807) is 10.4 Å². The molecule has 2 aromatic rings. The first kappa shape index (κ1) is 14.8. The van der Waals surface area contributed by atoms with Crippen LogP contribution < -0.4 is 20.2 Å². The molecule has 0 saturated heterocycles. The summed E-state index contributed by atoms with van der Waals surface area (Å²) in [6.45, 7) is 14.2. The molecular weight excluding hydrogens is 296 g/mol. The molecule has 2 aliphatic heterocycles. The molecule has 2 heterocycles. The molecule has 23 heavy (non-hydrogen) atoms. The second kappa shape index (κ2) is 4.41. The van der Waals surface area contributed by atoms with E-state index in [-0.39, 0.29) is 0 Å². The Balaban J connectivity index is 2.15. The van der Waals surface area contributed by atoms with Crippen LogP contribution in [-0.2, 0) is 0 Å². The molecule has 2 aromatic carbocycles. The van der Waals surface area contributed by atoms with E-state index in [1.807, 2.05) is 0 Å². The van der Waals surface area contributed by atoms with Crippen LogP contribution in [0.15, 0.2) is 24.3 Å². The number of benzene rings is 2. The molecular formula is C20H26N2Si. The van der Waals surface area contributed by atoms with Gasteiger partial charge in [-0.3, -0.25) is 0 Å². The fourth-order valence-electron chi connectivity index (χ4n) is 4.43. The van der Waals surface area contributed by atoms with Gasteiger partial charge < -0.3 is 9.80 Å². The lowest BCUT2D eigenvalue weighted by molar-refractivity contribution is 0.733. The number of hydrogen-bond donors (Lipinski definition) is 0. The molecule has 1 atom stereocenters. The van der Waals surface area contributed by atoms with Gasteiger partial charge in [0.05, 0.1) is 11.4 Å². The van der Waals surface area contributed by atoms with Crippen molar-refractivity contribution in [1.29, 1.82) is 0 Å². The largest absolute Gasteiger partial charge is 0.353 e. The van der Waals surface area contributed by atoms with Crippen LogP contribution in [0.1, 0.15) is 23.6 Å². The first-order valence-electron chi connectivity index (χ1n) is 8.53. The Bertz CT molecular complexity index is 838. The van der Waals surface area contributed by atoms with Gasteiger partial charge in [0.15, 0.2) is 0 Å². The zero-order chi connectivity index (χ0) is 16.7. The molecule has 4 rings (SSSR count). The third-order valence-corrected chi connectivity index (χ3v) is 9.76. The van der Waals surface area contributed by atoms with Crippen molar-refractivity contribution < 1.29 is 0 Å². The topological polar surface area (TPSA) is 6.48 Å². The van der Waals surface area contributed by atoms with Crippen LogP contribution in [0, 0.1) is 20.8 Å². The van der Waals surface area contributed by atoms with Crippen LogP contribution in [0.25, 0.3) is 0 Å². The summed E-state index contributed by atoms with van der Waals surface area (Å²) in [6, 6.07) is 9.37. The summed E-state index contributed by atoms with van der Waals surface area (Å²) in [4.78, 5) is 5.02. The van der Waals surface area contributed by atoms with Gasteiger partial charge in [-0.15, -0.1) is 0 Å². The first-order valence-corrected chi connectivity index (χ1v) is 11.5. The molecule has 0 saturated carbocycles. The molecule has 0 aromatic heterocycles. The smallest absolute Gasteiger partial charge is 0.117 e. The van der Waals surface area contributed by atoms with Gasteiger partial charge in [-0.2, -0.15) is 0 Å². The molecule has 0 unspecified atom stereocenters. The summed E-state index contributed by atoms with van der Waals surface area (Å²) in [5.41, 5.74) is 8.68. The maximum absolute atomic E-state index is 2.60. The van der Waals surface area contributed by atoms with Crippen molar-refractivity contribution in [3.8, 4) is 0 Å². The lowest BCUT2D eigenvalue weighted by Crippen LogP contribution is -2.60. The van der Waals surface area contributed by atoms with E-state index < -0.39 is 8.07 Å². The molecule has 0 aliphatic carbocycles. The van der Waals surface area contributed by atoms with Crippen LogP contribution in [0.4, 0.5) is 17.1 Å². The lowest BCUT2D eigenvalue weighted by atomic mass is 10.0. The summed E-state index contributed by atoms with van der Waals surface area (Å²) >= 11 is 0. The Morgan fingerprint density at radius 3 is 2.35 bits per heavy atom. The highest BCUT2D eigenvalue weighted by Gasteiger charge is 2.45. The van der Waals surface area contributed by atoms with E-state index in [0.29, 0.717) is 6.17 Å². The Labute approximate surface area is 140 Å². The molecule has 0 radical (unpaired) electrons. The van der Waals surface area contributed by atoms with Crippen molar-refractivity contribution in [2.24, 2.45) is 0 Å². The fourth-order valence-corrected chi connectivity index (χ4v) is 7.55. The Morgan fingerprint density at radius 1 is 0.957 bits per heavy atom. The predicted molar refractivity (Wildman–Crippen MR) is 104 cm³/mol.